The van der Waals surface area contributed by atoms with E-state index in [0.717, 1.165) is 6.42 Å². The lowest BCUT2D eigenvalue weighted by molar-refractivity contribution is -0.162. The highest BCUT2D eigenvalue weighted by atomic mass is 16.5. The molecule has 1 saturated heterocycles. The van der Waals surface area contributed by atoms with Gasteiger partial charge in [-0.2, -0.15) is 5.26 Å². The second-order valence-corrected chi connectivity index (χ2v) is 4.93. The number of rotatable bonds is 1. The van der Waals surface area contributed by atoms with E-state index < -0.39 is 5.41 Å². The van der Waals surface area contributed by atoms with Crippen LogP contribution < -0.4 is 0 Å². The molecule has 2 aliphatic rings. The third kappa shape index (κ3) is 1.59. The summed E-state index contributed by atoms with van der Waals surface area (Å²) in [4.78, 5) is 14.2. The smallest absolute Gasteiger partial charge is 0.248 e. The number of fused-ring (bicyclic) bond motifs is 1. The lowest BCUT2D eigenvalue weighted by Crippen LogP contribution is -2.55. The van der Waals surface area contributed by atoms with Gasteiger partial charge in [0.2, 0.25) is 5.91 Å². The molecule has 1 amide bonds. The van der Waals surface area contributed by atoms with E-state index in [1.807, 2.05) is 18.2 Å². The maximum atomic E-state index is 12.4. The molecule has 0 aliphatic carbocycles. The van der Waals surface area contributed by atoms with Crippen LogP contribution in [0.5, 0.6) is 0 Å². The molecule has 0 N–H and O–H groups in total. The van der Waals surface area contributed by atoms with Crippen LogP contribution in [0.15, 0.2) is 24.3 Å². The summed E-state index contributed by atoms with van der Waals surface area (Å²) >= 11 is 0. The maximum absolute atomic E-state index is 12.4. The van der Waals surface area contributed by atoms with Gasteiger partial charge in [0.05, 0.1) is 19.3 Å². The minimum absolute atomic E-state index is 0.0780. The number of nitriles is 1. The van der Waals surface area contributed by atoms with Gasteiger partial charge in [0.25, 0.3) is 0 Å². The van der Waals surface area contributed by atoms with Crippen LogP contribution in [-0.2, 0) is 22.5 Å². The number of carbonyl (C=O) groups is 1. The normalized spacial score (nSPS) is 20.5. The van der Waals surface area contributed by atoms with Crippen molar-refractivity contribution in [1.29, 1.82) is 5.26 Å². The number of hydrogen-bond donors (Lipinski definition) is 0. The number of nitrogens with zero attached hydrogens (tertiary/aromatic N) is 2. The standard InChI is InChI=1S/C14H14N2O2/c15-8-14(9-18-10-14)13(17)16-6-5-11-3-1-2-4-12(11)7-16/h1-4H,5-7,9-10H2. The van der Waals surface area contributed by atoms with Gasteiger partial charge in [0.15, 0.2) is 5.41 Å². The SMILES string of the molecule is N#CC1(C(=O)N2CCc3ccccc3C2)COC1. The first kappa shape index (κ1) is 11.2. The number of benzene rings is 1. The summed E-state index contributed by atoms with van der Waals surface area (Å²) in [6.07, 6.45) is 0.865. The molecular formula is C14H14N2O2. The molecule has 1 fully saturated rings. The predicted molar refractivity (Wildman–Crippen MR) is 64.4 cm³/mol. The van der Waals surface area contributed by atoms with Gasteiger partial charge in [-0.1, -0.05) is 24.3 Å². The summed E-state index contributed by atoms with van der Waals surface area (Å²) in [7, 11) is 0. The van der Waals surface area contributed by atoms with Crippen LogP contribution in [0.25, 0.3) is 0 Å². The fraction of sp³-hybridized carbons (Fsp3) is 0.429. The first-order chi connectivity index (χ1) is 8.75. The molecule has 92 valence electrons. The largest absolute Gasteiger partial charge is 0.377 e. The van der Waals surface area contributed by atoms with Crippen molar-refractivity contribution in [3.63, 3.8) is 0 Å². The van der Waals surface area contributed by atoms with E-state index in [9.17, 15) is 4.79 Å². The molecule has 18 heavy (non-hydrogen) atoms. The van der Waals surface area contributed by atoms with Crippen LogP contribution in [0, 0.1) is 16.7 Å². The van der Waals surface area contributed by atoms with Crippen LogP contribution in [0.1, 0.15) is 11.1 Å². The van der Waals surface area contributed by atoms with E-state index in [2.05, 4.69) is 12.1 Å². The molecule has 4 nitrogen and oxygen atoms in total. The highest BCUT2D eigenvalue weighted by molar-refractivity contribution is 5.87. The van der Waals surface area contributed by atoms with Crippen molar-refractivity contribution in [3.8, 4) is 6.07 Å². The summed E-state index contributed by atoms with van der Waals surface area (Å²) < 4.78 is 5.04. The van der Waals surface area contributed by atoms with Gasteiger partial charge in [-0.3, -0.25) is 4.79 Å². The van der Waals surface area contributed by atoms with Crippen molar-refractivity contribution in [2.45, 2.75) is 13.0 Å². The van der Waals surface area contributed by atoms with Crippen LogP contribution in [0.2, 0.25) is 0 Å². The zero-order valence-electron chi connectivity index (χ0n) is 10.1. The minimum atomic E-state index is -0.924. The Hall–Kier alpha value is -1.86. The average molecular weight is 242 g/mol. The van der Waals surface area contributed by atoms with E-state index in [1.165, 1.54) is 11.1 Å². The molecule has 0 atom stereocenters. The fourth-order valence-electron chi connectivity index (χ4n) is 2.51. The van der Waals surface area contributed by atoms with E-state index >= 15 is 0 Å². The van der Waals surface area contributed by atoms with E-state index in [4.69, 9.17) is 10.00 Å². The molecule has 0 aromatic heterocycles. The quantitative estimate of drug-likeness (QED) is 0.741. The van der Waals surface area contributed by atoms with Crippen LogP contribution in [-0.4, -0.2) is 30.6 Å². The molecule has 1 aromatic carbocycles. The number of ether oxygens (including phenoxy) is 1. The van der Waals surface area contributed by atoms with E-state index in [0.29, 0.717) is 13.1 Å². The Kier molecular flexibility index (Phi) is 2.57. The van der Waals surface area contributed by atoms with Gasteiger partial charge in [-0.15, -0.1) is 0 Å². The van der Waals surface area contributed by atoms with Crippen molar-refractivity contribution in [2.75, 3.05) is 19.8 Å². The van der Waals surface area contributed by atoms with Gasteiger partial charge in [-0.05, 0) is 17.5 Å². The molecule has 0 radical (unpaired) electrons. The molecule has 2 aliphatic heterocycles. The molecule has 0 saturated carbocycles. The Morgan fingerprint density at radius 3 is 2.67 bits per heavy atom. The first-order valence-electron chi connectivity index (χ1n) is 6.10. The summed E-state index contributed by atoms with van der Waals surface area (Å²) in [5.74, 6) is -0.0780. The third-order valence-electron chi connectivity index (χ3n) is 3.74. The Balaban J connectivity index is 1.80. The van der Waals surface area contributed by atoms with Crippen molar-refractivity contribution in [2.24, 2.45) is 5.41 Å². The minimum Gasteiger partial charge on any atom is -0.377 e. The molecule has 0 bridgehead atoms. The number of hydrogen-bond acceptors (Lipinski definition) is 3. The monoisotopic (exact) mass is 242 g/mol. The predicted octanol–water partition coefficient (Wildman–Crippen LogP) is 1.11. The summed E-state index contributed by atoms with van der Waals surface area (Å²) in [5.41, 5.74) is 1.56. The maximum Gasteiger partial charge on any atom is 0.248 e. The Morgan fingerprint density at radius 1 is 1.33 bits per heavy atom. The Bertz CT molecular complexity index is 529. The molecule has 0 unspecified atom stereocenters. The first-order valence-corrected chi connectivity index (χ1v) is 6.10. The van der Waals surface area contributed by atoms with E-state index in [1.54, 1.807) is 4.90 Å². The molecule has 0 spiro atoms. The number of amides is 1. The van der Waals surface area contributed by atoms with Gasteiger partial charge in [0.1, 0.15) is 0 Å². The highest BCUT2D eigenvalue weighted by Gasteiger charge is 2.49. The van der Waals surface area contributed by atoms with Crippen LogP contribution in [0.4, 0.5) is 0 Å². The molecule has 4 heteroatoms. The number of carbonyl (C=O) groups excluding carboxylic acids is 1. The summed E-state index contributed by atoms with van der Waals surface area (Å²) in [5, 5.41) is 9.16. The fourth-order valence-corrected chi connectivity index (χ4v) is 2.51. The summed E-state index contributed by atoms with van der Waals surface area (Å²) in [6, 6.07) is 10.3. The van der Waals surface area contributed by atoms with Crippen molar-refractivity contribution in [1.82, 2.24) is 4.90 Å². The molecule has 2 heterocycles. The topological polar surface area (TPSA) is 53.3 Å². The second-order valence-electron chi connectivity index (χ2n) is 4.93. The second kappa shape index (κ2) is 4.11. The van der Waals surface area contributed by atoms with E-state index in [-0.39, 0.29) is 19.1 Å². The van der Waals surface area contributed by atoms with Gasteiger partial charge in [-0.25, -0.2) is 0 Å². The molecular weight excluding hydrogens is 228 g/mol. The Labute approximate surface area is 106 Å². The van der Waals surface area contributed by atoms with Crippen LogP contribution >= 0.6 is 0 Å². The van der Waals surface area contributed by atoms with Crippen LogP contribution in [0.3, 0.4) is 0 Å². The molecule has 1 aromatic rings. The third-order valence-corrected chi connectivity index (χ3v) is 3.74. The summed E-state index contributed by atoms with van der Waals surface area (Å²) in [6.45, 7) is 1.78. The van der Waals surface area contributed by atoms with Crippen molar-refractivity contribution >= 4 is 5.91 Å². The zero-order chi connectivity index (χ0) is 12.6. The van der Waals surface area contributed by atoms with Gasteiger partial charge >= 0.3 is 0 Å². The van der Waals surface area contributed by atoms with Gasteiger partial charge in [0, 0.05) is 13.1 Å². The van der Waals surface area contributed by atoms with Gasteiger partial charge < -0.3 is 9.64 Å². The molecule has 3 rings (SSSR count). The van der Waals surface area contributed by atoms with Crippen molar-refractivity contribution < 1.29 is 9.53 Å². The Morgan fingerprint density at radius 2 is 2.06 bits per heavy atom. The van der Waals surface area contributed by atoms with Crippen molar-refractivity contribution in [3.05, 3.63) is 35.4 Å². The lowest BCUT2D eigenvalue weighted by atomic mass is 9.85. The lowest BCUT2D eigenvalue weighted by Gasteiger charge is -2.39. The zero-order valence-corrected chi connectivity index (χ0v) is 10.1. The highest BCUT2D eigenvalue weighted by Crippen LogP contribution is 2.31. The average Bonchev–Trinajstić information content (AvgIpc) is 2.37.